The van der Waals surface area contributed by atoms with Gasteiger partial charge in [0, 0.05) is 53.1 Å². The molecule has 0 N–H and O–H groups in total. The van der Waals surface area contributed by atoms with Gasteiger partial charge in [0.05, 0.1) is 21.3 Å². The second kappa shape index (κ2) is 10.7. The fourth-order valence-corrected chi connectivity index (χ4v) is 9.96. The molecule has 234 valence electrons. The number of hydrogen-bond donors (Lipinski definition) is 0. The van der Waals surface area contributed by atoms with Gasteiger partial charge >= 0.3 is 0 Å². The van der Waals surface area contributed by atoms with Crippen LogP contribution >= 0.6 is 22.7 Å². The van der Waals surface area contributed by atoms with Gasteiger partial charge in [-0.25, -0.2) is 4.98 Å². The summed E-state index contributed by atoms with van der Waals surface area (Å²) in [5, 5.41) is 6.21. The van der Waals surface area contributed by atoms with Crippen LogP contribution in [0.1, 0.15) is 0 Å². The maximum atomic E-state index is 5.20. The van der Waals surface area contributed by atoms with Gasteiger partial charge in [0.15, 0.2) is 11.6 Å². The molecule has 0 saturated carbocycles. The number of fused-ring (bicyclic) bond motifs is 10. The molecular weight excluding hydrogens is 651 g/mol. The Balaban J connectivity index is 1.22. The fraction of sp³-hybridized carbons (Fsp3) is 0. The maximum absolute atomic E-state index is 5.20. The number of rotatable bonds is 4. The van der Waals surface area contributed by atoms with Gasteiger partial charge in [-0.05, 0) is 30.3 Å². The molecule has 5 aromatic heterocycles. The van der Waals surface area contributed by atoms with E-state index >= 15 is 0 Å². The van der Waals surface area contributed by atoms with Crippen molar-refractivity contribution in [3.8, 4) is 34.4 Å². The predicted octanol–water partition coefficient (Wildman–Crippen LogP) is 11.8. The second-order valence-corrected chi connectivity index (χ2v) is 14.5. The standard InChI is InChI=1S/C43H25N5S2/c1-3-13-26(14-4-1)40-44-41(27-15-5-2-6-16-27)46-43(45-40)48-38-32-19-9-12-22-35(32)49-39(38)37-31-24-23-28(25-36(31)50-42(37)48)47-33-20-10-7-17-29(33)30-18-8-11-21-34(30)47/h1-25H. The number of para-hydroxylation sites is 2. The summed E-state index contributed by atoms with van der Waals surface area (Å²) in [6, 6.07) is 53.3. The van der Waals surface area contributed by atoms with Crippen LogP contribution in [0.5, 0.6) is 0 Å². The van der Waals surface area contributed by atoms with Crippen LogP contribution in [-0.2, 0) is 0 Å². The van der Waals surface area contributed by atoms with Crippen molar-refractivity contribution in [1.29, 1.82) is 0 Å². The summed E-state index contributed by atoms with van der Waals surface area (Å²) in [5.74, 6) is 1.92. The molecule has 11 aromatic rings. The summed E-state index contributed by atoms with van der Waals surface area (Å²) >= 11 is 3.65. The lowest BCUT2D eigenvalue weighted by atomic mass is 10.2. The van der Waals surface area contributed by atoms with E-state index in [4.69, 9.17) is 15.0 Å². The lowest BCUT2D eigenvalue weighted by Gasteiger charge is -2.10. The Bertz CT molecular complexity index is 2980. The monoisotopic (exact) mass is 675 g/mol. The molecule has 0 saturated heterocycles. The van der Waals surface area contributed by atoms with Gasteiger partial charge in [-0.1, -0.05) is 121 Å². The molecule has 0 atom stereocenters. The molecule has 5 heterocycles. The normalized spacial score (nSPS) is 12.0. The fourth-order valence-electron chi connectivity index (χ4n) is 7.40. The average Bonchev–Trinajstić information content (AvgIpc) is 3.91. The summed E-state index contributed by atoms with van der Waals surface area (Å²) in [7, 11) is 0. The summed E-state index contributed by atoms with van der Waals surface area (Å²) in [6.07, 6.45) is 0. The van der Waals surface area contributed by atoms with Gasteiger partial charge in [-0.15, -0.1) is 22.7 Å². The summed E-state index contributed by atoms with van der Waals surface area (Å²) < 4.78 is 8.40. The predicted molar refractivity (Wildman–Crippen MR) is 210 cm³/mol. The van der Waals surface area contributed by atoms with Crippen molar-refractivity contribution < 1.29 is 0 Å². The molecule has 0 aliphatic carbocycles. The number of benzene rings is 6. The van der Waals surface area contributed by atoms with E-state index in [1.807, 2.05) is 47.7 Å². The minimum atomic E-state index is 0.621. The third kappa shape index (κ3) is 4.02. The highest BCUT2D eigenvalue weighted by molar-refractivity contribution is 7.30. The van der Waals surface area contributed by atoms with Crippen molar-refractivity contribution in [2.75, 3.05) is 0 Å². The van der Waals surface area contributed by atoms with E-state index in [-0.39, 0.29) is 0 Å². The quantitative estimate of drug-likeness (QED) is 0.187. The number of aromatic nitrogens is 5. The molecule has 7 heteroatoms. The largest absolute Gasteiger partial charge is 0.309 e. The molecule has 5 nitrogen and oxygen atoms in total. The topological polar surface area (TPSA) is 48.5 Å². The first-order valence-corrected chi connectivity index (χ1v) is 18.2. The highest BCUT2D eigenvalue weighted by Crippen LogP contribution is 2.48. The van der Waals surface area contributed by atoms with Crippen LogP contribution in [0, 0.1) is 0 Å². The zero-order valence-electron chi connectivity index (χ0n) is 26.5. The van der Waals surface area contributed by atoms with E-state index in [2.05, 4.69) is 124 Å². The van der Waals surface area contributed by atoms with Gasteiger partial charge in [0.25, 0.3) is 0 Å². The zero-order chi connectivity index (χ0) is 32.8. The minimum Gasteiger partial charge on any atom is -0.309 e. The van der Waals surface area contributed by atoms with E-state index in [0.29, 0.717) is 17.6 Å². The molecule has 0 spiro atoms. The van der Waals surface area contributed by atoms with Crippen LogP contribution in [0.25, 0.3) is 96.8 Å². The lowest BCUT2D eigenvalue weighted by Crippen LogP contribution is -2.05. The molecule has 0 aliphatic rings. The molecule has 0 radical (unpaired) electrons. The smallest absolute Gasteiger partial charge is 0.239 e. The van der Waals surface area contributed by atoms with Crippen LogP contribution < -0.4 is 0 Å². The van der Waals surface area contributed by atoms with Crippen molar-refractivity contribution in [3.05, 3.63) is 152 Å². The molecule has 6 aromatic carbocycles. The first-order chi connectivity index (χ1) is 24.8. The number of thiophene rings is 2. The molecule has 0 fully saturated rings. The van der Waals surface area contributed by atoms with Gasteiger partial charge < -0.3 is 4.57 Å². The zero-order valence-corrected chi connectivity index (χ0v) is 28.1. The highest BCUT2D eigenvalue weighted by atomic mass is 32.1. The van der Waals surface area contributed by atoms with E-state index in [1.54, 1.807) is 11.3 Å². The lowest BCUT2D eigenvalue weighted by molar-refractivity contribution is 0.959. The van der Waals surface area contributed by atoms with E-state index in [9.17, 15) is 0 Å². The van der Waals surface area contributed by atoms with Crippen molar-refractivity contribution in [1.82, 2.24) is 24.1 Å². The Hall–Kier alpha value is -6.15. The van der Waals surface area contributed by atoms with E-state index in [1.165, 1.54) is 52.1 Å². The number of hydrogen-bond acceptors (Lipinski definition) is 5. The molecule has 11 rings (SSSR count). The van der Waals surface area contributed by atoms with Crippen molar-refractivity contribution in [2.45, 2.75) is 0 Å². The Labute approximate surface area is 294 Å². The second-order valence-electron chi connectivity index (χ2n) is 12.5. The first-order valence-electron chi connectivity index (χ1n) is 16.5. The van der Waals surface area contributed by atoms with Crippen LogP contribution in [0.3, 0.4) is 0 Å². The summed E-state index contributed by atoms with van der Waals surface area (Å²) in [5.41, 5.74) is 6.61. The minimum absolute atomic E-state index is 0.621. The molecule has 0 bridgehead atoms. The Kier molecular flexibility index (Phi) is 5.93. The molecule has 0 unspecified atom stereocenters. The van der Waals surface area contributed by atoms with E-state index in [0.717, 1.165) is 27.2 Å². The van der Waals surface area contributed by atoms with Crippen LogP contribution in [-0.4, -0.2) is 24.1 Å². The van der Waals surface area contributed by atoms with Gasteiger partial charge in [-0.2, -0.15) is 9.97 Å². The van der Waals surface area contributed by atoms with Crippen LogP contribution in [0.15, 0.2) is 152 Å². The van der Waals surface area contributed by atoms with Crippen molar-refractivity contribution in [3.63, 3.8) is 0 Å². The molecule has 0 aliphatic heterocycles. The molecule has 0 amide bonds. The van der Waals surface area contributed by atoms with Crippen molar-refractivity contribution >= 4 is 85.1 Å². The summed E-state index contributed by atoms with van der Waals surface area (Å²) in [4.78, 5) is 16.5. The first kappa shape index (κ1) is 27.8. The summed E-state index contributed by atoms with van der Waals surface area (Å²) in [6.45, 7) is 0. The van der Waals surface area contributed by atoms with Crippen LogP contribution in [0.2, 0.25) is 0 Å². The van der Waals surface area contributed by atoms with Gasteiger partial charge in [-0.3, -0.25) is 4.57 Å². The van der Waals surface area contributed by atoms with Crippen LogP contribution in [0.4, 0.5) is 0 Å². The molecule has 50 heavy (non-hydrogen) atoms. The van der Waals surface area contributed by atoms with Gasteiger partial charge in [0.2, 0.25) is 5.95 Å². The number of nitrogens with zero attached hydrogens (tertiary/aromatic N) is 5. The van der Waals surface area contributed by atoms with E-state index < -0.39 is 0 Å². The Morgan fingerprint density at radius 2 is 1.02 bits per heavy atom. The SMILES string of the molecule is c1ccc(-c2nc(-c3ccccc3)nc(-n3c4sc5cc(-n6c7ccccc7c7ccccc76)ccc5c4c4sc5ccccc5c43)n2)cc1. The highest BCUT2D eigenvalue weighted by Gasteiger charge is 2.25. The average molecular weight is 676 g/mol. The third-order valence-electron chi connectivity index (χ3n) is 9.60. The molecular formula is C43H25N5S2. The Morgan fingerprint density at radius 1 is 0.440 bits per heavy atom. The maximum Gasteiger partial charge on any atom is 0.239 e. The Morgan fingerprint density at radius 3 is 1.68 bits per heavy atom. The van der Waals surface area contributed by atoms with Gasteiger partial charge in [0.1, 0.15) is 4.83 Å². The third-order valence-corrected chi connectivity index (χ3v) is 11.9. The van der Waals surface area contributed by atoms with Crippen molar-refractivity contribution in [2.24, 2.45) is 0 Å².